The van der Waals surface area contributed by atoms with Crippen molar-refractivity contribution in [1.29, 1.82) is 0 Å². The van der Waals surface area contributed by atoms with Crippen LogP contribution in [0.3, 0.4) is 0 Å². The molecular weight excluding hydrogens is 274 g/mol. The Kier molecular flexibility index (Phi) is 5.96. The van der Waals surface area contributed by atoms with Crippen LogP contribution in [0.2, 0.25) is 0 Å². The van der Waals surface area contributed by atoms with Gasteiger partial charge in [-0.2, -0.15) is 0 Å². The molecule has 120 valence electrons. The third-order valence-electron chi connectivity index (χ3n) is 3.89. The van der Waals surface area contributed by atoms with Gasteiger partial charge in [0, 0.05) is 26.2 Å². The normalized spacial score (nSPS) is 22.8. The van der Waals surface area contributed by atoms with Gasteiger partial charge in [-0.25, -0.2) is 0 Å². The number of rotatable bonds is 4. The largest absolute Gasteiger partial charge is 0.378 e. The minimum Gasteiger partial charge on any atom is -0.378 e. The average molecular weight is 299 g/mol. The summed E-state index contributed by atoms with van der Waals surface area (Å²) in [5.74, 6) is 0.0554. The average Bonchev–Trinajstić information content (AvgIpc) is 2.55. The first-order chi connectivity index (χ1) is 10.1. The lowest BCUT2D eigenvalue weighted by atomic mass is 10.2. The van der Waals surface area contributed by atoms with E-state index in [1.165, 1.54) is 0 Å². The molecule has 0 aromatic rings. The molecule has 0 spiro atoms. The molecule has 7 nitrogen and oxygen atoms in total. The second-order valence-corrected chi connectivity index (χ2v) is 5.49. The van der Waals surface area contributed by atoms with E-state index >= 15 is 0 Å². The Labute approximate surface area is 125 Å². The van der Waals surface area contributed by atoms with Crippen LogP contribution < -0.4 is 5.32 Å². The van der Waals surface area contributed by atoms with Crippen molar-refractivity contribution in [1.82, 2.24) is 15.1 Å². The van der Waals surface area contributed by atoms with E-state index in [-0.39, 0.29) is 23.9 Å². The molecule has 2 atom stereocenters. The summed E-state index contributed by atoms with van der Waals surface area (Å²) in [6.45, 7) is 8.44. The lowest BCUT2D eigenvalue weighted by molar-refractivity contribution is -0.140. The maximum atomic E-state index is 12.3. The van der Waals surface area contributed by atoms with Crippen LogP contribution in [0, 0.1) is 0 Å². The van der Waals surface area contributed by atoms with Crippen LogP contribution in [0.5, 0.6) is 0 Å². The first-order valence-corrected chi connectivity index (χ1v) is 7.58. The molecule has 0 bridgehead atoms. The number of ether oxygens (including phenoxy) is 2. The molecule has 0 saturated carbocycles. The van der Waals surface area contributed by atoms with Crippen LogP contribution in [0.1, 0.15) is 13.8 Å². The number of hydrogen-bond acceptors (Lipinski definition) is 5. The third-order valence-corrected chi connectivity index (χ3v) is 3.89. The van der Waals surface area contributed by atoms with E-state index in [1.807, 2.05) is 0 Å². The predicted molar refractivity (Wildman–Crippen MR) is 76.9 cm³/mol. The van der Waals surface area contributed by atoms with Crippen LogP contribution in [-0.2, 0) is 19.1 Å². The van der Waals surface area contributed by atoms with Gasteiger partial charge in [-0.3, -0.25) is 14.9 Å². The summed E-state index contributed by atoms with van der Waals surface area (Å²) in [6.07, 6.45) is 0. The molecule has 2 amide bonds. The van der Waals surface area contributed by atoms with Crippen molar-refractivity contribution in [3.63, 3.8) is 0 Å². The molecule has 2 heterocycles. The fraction of sp³-hybridized carbons (Fsp3) is 0.857. The third kappa shape index (κ3) is 4.39. The molecule has 0 aromatic carbocycles. The Morgan fingerprint density at radius 1 is 0.810 bits per heavy atom. The molecule has 1 N–H and O–H groups in total. The van der Waals surface area contributed by atoms with Crippen molar-refractivity contribution in [2.45, 2.75) is 25.9 Å². The van der Waals surface area contributed by atoms with E-state index in [2.05, 4.69) is 5.32 Å². The van der Waals surface area contributed by atoms with E-state index in [1.54, 1.807) is 23.6 Å². The molecule has 7 heteroatoms. The smallest absolute Gasteiger partial charge is 0.239 e. The number of nitrogens with one attached hydrogen (secondary N) is 1. The number of carbonyl (C=O) groups excluding carboxylic acids is 2. The van der Waals surface area contributed by atoms with Gasteiger partial charge in [0.15, 0.2) is 0 Å². The molecule has 21 heavy (non-hydrogen) atoms. The first-order valence-electron chi connectivity index (χ1n) is 7.58. The van der Waals surface area contributed by atoms with Crippen molar-refractivity contribution < 1.29 is 19.1 Å². The standard InChI is InChI=1S/C14H25N3O4/c1-11(13(18)16-3-7-20-8-4-16)15-12(2)14(19)17-5-9-21-10-6-17/h11-12,15H,3-10H2,1-2H3. The molecule has 2 saturated heterocycles. The Morgan fingerprint density at radius 3 is 1.48 bits per heavy atom. The predicted octanol–water partition coefficient (Wildman–Crippen LogP) is -0.929. The van der Waals surface area contributed by atoms with Gasteiger partial charge in [-0.1, -0.05) is 0 Å². The highest BCUT2D eigenvalue weighted by atomic mass is 16.5. The molecular formula is C14H25N3O4. The Balaban J connectivity index is 1.81. The second kappa shape index (κ2) is 7.72. The zero-order chi connectivity index (χ0) is 15.2. The van der Waals surface area contributed by atoms with Crippen molar-refractivity contribution in [2.75, 3.05) is 52.6 Å². The van der Waals surface area contributed by atoms with Crippen LogP contribution in [0.25, 0.3) is 0 Å². The summed E-state index contributed by atoms with van der Waals surface area (Å²) in [5.41, 5.74) is 0. The highest BCUT2D eigenvalue weighted by Gasteiger charge is 2.27. The summed E-state index contributed by atoms with van der Waals surface area (Å²) in [7, 11) is 0. The van der Waals surface area contributed by atoms with Crippen molar-refractivity contribution >= 4 is 11.8 Å². The lowest BCUT2D eigenvalue weighted by Gasteiger charge is -2.32. The molecule has 0 aromatic heterocycles. The maximum Gasteiger partial charge on any atom is 0.239 e. The number of morpholine rings is 2. The minimum absolute atomic E-state index is 0.0277. The van der Waals surface area contributed by atoms with E-state index in [0.717, 1.165) is 0 Å². The van der Waals surface area contributed by atoms with Gasteiger partial charge in [0.2, 0.25) is 11.8 Å². The van der Waals surface area contributed by atoms with Gasteiger partial charge in [-0.05, 0) is 13.8 Å². The topological polar surface area (TPSA) is 71.1 Å². The highest BCUT2D eigenvalue weighted by Crippen LogP contribution is 2.04. The van der Waals surface area contributed by atoms with Gasteiger partial charge in [0.25, 0.3) is 0 Å². The zero-order valence-corrected chi connectivity index (χ0v) is 12.8. The molecule has 0 aliphatic carbocycles. The van der Waals surface area contributed by atoms with Gasteiger partial charge in [0.05, 0.1) is 38.5 Å². The fourth-order valence-corrected chi connectivity index (χ4v) is 2.63. The van der Waals surface area contributed by atoms with Crippen LogP contribution in [0.4, 0.5) is 0 Å². The maximum absolute atomic E-state index is 12.3. The number of nitrogens with zero attached hydrogens (tertiary/aromatic N) is 2. The quantitative estimate of drug-likeness (QED) is 0.726. The van der Waals surface area contributed by atoms with Gasteiger partial charge < -0.3 is 19.3 Å². The van der Waals surface area contributed by atoms with Crippen LogP contribution in [-0.4, -0.2) is 86.3 Å². The van der Waals surface area contributed by atoms with E-state index in [0.29, 0.717) is 52.6 Å². The van der Waals surface area contributed by atoms with Gasteiger partial charge in [0.1, 0.15) is 0 Å². The molecule has 2 aliphatic rings. The summed E-state index contributed by atoms with van der Waals surface area (Å²) in [6, 6.07) is -0.744. The van der Waals surface area contributed by atoms with Crippen molar-refractivity contribution in [3.05, 3.63) is 0 Å². The van der Waals surface area contributed by atoms with Gasteiger partial charge >= 0.3 is 0 Å². The first kappa shape index (κ1) is 16.2. The van der Waals surface area contributed by atoms with E-state index in [9.17, 15) is 9.59 Å². The molecule has 2 aliphatic heterocycles. The SMILES string of the molecule is CC(NC(C)C(=O)N1CCOCC1)C(=O)N1CCOCC1. The monoisotopic (exact) mass is 299 g/mol. The molecule has 2 rings (SSSR count). The number of hydrogen-bond donors (Lipinski definition) is 1. The molecule has 2 unspecified atom stereocenters. The minimum atomic E-state index is -0.372. The van der Waals surface area contributed by atoms with Crippen LogP contribution in [0.15, 0.2) is 0 Å². The summed E-state index contributed by atoms with van der Waals surface area (Å²) >= 11 is 0. The second-order valence-electron chi connectivity index (χ2n) is 5.49. The van der Waals surface area contributed by atoms with E-state index < -0.39 is 0 Å². The Morgan fingerprint density at radius 2 is 1.14 bits per heavy atom. The summed E-state index contributed by atoms with van der Waals surface area (Å²) in [5, 5.41) is 3.11. The summed E-state index contributed by atoms with van der Waals surface area (Å²) in [4.78, 5) is 28.2. The van der Waals surface area contributed by atoms with Crippen molar-refractivity contribution in [2.24, 2.45) is 0 Å². The lowest BCUT2D eigenvalue weighted by Crippen LogP contribution is -2.55. The van der Waals surface area contributed by atoms with E-state index in [4.69, 9.17) is 9.47 Å². The number of amides is 2. The number of carbonyl (C=O) groups is 2. The zero-order valence-electron chi connectivity index (χ0n) is 12.8. The highest BCUT2D eigenvalue weighted by molar-refractivity contribution is 5.85. The fourth-order valence-electron chi connectivity index (χ4n) is 2.63. The van der Waals surface area contributed by atoms with Crippen molar-refractivity contribution in [3.8, 4) is 0 Å². The Hall–Kier alpha value is -1.18. The van der Waals surface area contributed by atoms with Gasteiger partial charge in [-0.15, -0.1) is 0 Å². The van der Waals surface area contributed by atoms with Crippen LogP contribution >= 0.6 is 0 Å². The molecule has 2 fully saturated rings. The Bertz CT molecular complexity index is 331. The molecule has 0 radical (unpaired) electrons. The summed E-state index contributed by atoms with van der Waals surface area (Å²) < 4.78 is 10.5.